The van der Waals surface area contributed by atoms with Gasteiger partial charge in [-0.2, -0.15) is 4.31 Å². The minimum absolute atomic E-state index is 0.0775. The number of fused-ring (bicyclic) bond motifs is 1. The van der Waals surface area contributed by atoms with Gasteiger partial charge in [-0.1, -0.05) is 32.1 Å². The van der Waals surface area contributed by atoms with Crippen LogP contribution in [0.25, 0.3) is 10.9 Å². The Balaban J connectivity index is 1.95. The third-order valence-electron chi connectivity index (χ3n) is 6.14. The van der Waals surface area contributed by atoms with Gasteiger partial charge >= 0.3 is 5.69 Å². The van der Waals surface area contributed by atoms with Crippen molar-refractivity contribution in [1.82, 2.24) is 13.4 Å². The highest BCUT2D eigenvalue weighted by atomic mass is 32.2. The molecule has 7 nitrogen and oxygen atoms in total. The molecule has 154 valence electrons. The fourth-order valence-electron chi connectivity index (χ4n) is 4.19. The van der Waals surface area contributed by atoms with Crippen LogP contribution in [0.5, 0.6) is 0 Å². The van der Waals surface area contributed by atoms with Crippen LogP contribution < -0.4 is 11.2 Å². The highest BCUT2D eigenvalue weighted by molar-refractivity contribution is 7.89. The molecule has 3 rings (SSSR count). The van der Waals surface area contributed by atoms with Crippen molar-refractivity contribution >= 4 is 20.9 Å². The molecule has 28 heavy (non-hydrogen) atoms. The SMILES string of the molecule is CC(CC1CCCCC1)N(C)S(=O)(=O)c1ccc2c(c1)c(=O)n(C)c(=O)n2C. The van der Waals surface area contributed by atoms with Crippen LogP contribution in [0.1, 0.15) is 45.4 Å². The van der Waals surface area contributed by atoms with Gasteiger partial charge in [0, 0.05) is 27.2 Å². The first kappa shape index (κ1) is 20.8. The maximum Gasteiger partial charge on any atom is 0.330 e. The van der Waals surface area contributed by atoms with Gasteiger partial charge in [0.15, 0.2) is 0 Å². The zero-order valence-corrected chi connectivity index (χ0v) is 17.8. The molecule has 1 aliphatic carbocycles. The topological polar surface area (TPSA) is 81.4 Å². The van der Waals surface area contributed by atoms with Crippen LogP contribution in [0, 0.1) is 5.92 Å². The summed E-state index contributed by atoms with van der Waals surface area (Å²) in [6.45, 7) is 1.94. The molecule has 1 aromatic heterocycles. The van der Waals surface area contributed by atoms with E-state index in [-0.39, 0.29) is 16.3 Å². The third kappa shape index (κ3) is 3.67. The van der Waals surface area contributed by atoms with E-state index in [4.69, 9.17) is 0 Å². The molecule has 0 spiro atoms. The molecule has 0 saturated heterocycles. The van der Waals surface area contributed by atoms with Crippen LogP contribution in [0.15, 0.2) is 32.7 Å². The van der Waals surface area contributed by atoms with E-state index in [0.29, 0.717) is 11.4 Å². The molecule has 2 aromatic rings. The Morgan fingerprint density at radius 1 is 1.11 bits per heavy atom. The average molecular weight is 408 g/mol. The molecule has 1 heterocycles. The van der Waals surface area contributed by atoms with Gasteiger partial charge in [0.2, 0.25) is 10.0 Å². The molecular weight excluding hydrogens is 378 g/mol. The first-order valence-corrected chi connectivity index (χ1v) is 11.3. The lowest BCUT2D eigenvalue weighted by molar-refractivity contribution is 0.267. The van der Waals surface area contributed by atoms with E-state index < -0.39 is 21.3 Å². The second kappa shape index (κ2) is 7.83. The summed E-state index contributed by atoms with van der Waals surface area (Å²) in [7, 11) is 0.826. The summed E-state index contributed by atoms with van der Waals surface area (Å²) >= 11 is 0. The maximum absolute atomic E-state index is 13.2. The van der Waals surface area contributed by atoms with Crippen molar-refractivity contribution in [3.8, 4) is 0 Å². The summed E-state index contributed by atoms with van der Waals surface area (Å²) in [6.07, 6.45) is 6.89. The van der Waals surface area contributed by atoms with Crippen LogP contribution in [0.4, 0.5) is 0 Å². The van der Waals surface area contributed by atoms with E-state index in [1.54, 1.807) is 14.1 Å². The Kier molecular flexibility index (Phi) is 5.82. The van der Waals surface area contributed by atoms with Crippen molar-refractivity contribution in [2.45, 2.75) is 56.4 Å². The van der Waals surface area contributed by atoms with Gasteiger partial charge in [0.1, 0.15) is 0 Å². The van der Waals surface area contributed by atoms with Gasteiger partial charge in [0.25, 0.3) is 5.56 Å². The molecule has 1 unspecified atom stereocenters. The average Bonchev–Trinajstić information content (AvgIpc) is 2.70. The normalized spacial score (nSPS) is 17.3. The predicted octanol–water partition coefficient (Wildman–Crippen LogP) is 2.22. The lowest BCUT2D eigenvalue weighted by Gasteiger charge is -2.30. The molecular formula is C20H29N3O4S. The molecule has 0 bridgehead atoms. The van der Waals surface area contributed by atoms with E-state index in [9.17, 15) is 18.0 Å². The zero-order valence-electron chi connectivity index (χ0n) is 17.0. The highest BCUT2D eigenvalue weighted by Crippen LogP contribution is 2.30. The van der Waals surface area contributed by atoms with Crippen molar-refractivity contribution in [1.29, 1.82) is 0 Å². The summed E-state index contributed by atoms with van der Waals surface area (Å²) in [5, 5.41) is 0.221. The molecule has 1 atom stereocenters. The van der Waals surface area contributed by atoms with E-state index in [0.717, 1.165) is 23.8 Å². The fourth-order valence-corrected chi connectivity index (χ4v) is 5.59. The summed E-state index contributed by atoms with van der Waals surface area (Å²) in [4.78, 5) is 24.6. The lowest BCUT2D eigenvalue weighted by atomic mass is 9.85. The predicted molar refractivity (Wildman–Crippen MR) is 110 cm³/mol. The van der Waals surface area contributed by atoms with E-state index in [1.807, 2.05) is 6.92 Å². The summed E-state index contributed by atoms with van der Waals surface area (Å²) < 4.78 is 30.1. The van der Waals surface area contributed by atoms with Crippen molar-refractivity contribution in [2.75, 3.05) is 7.05 Å². The molecule has 1 fully saturated rings. The van der Waals surface area contributed by atoms with Crippen LogP contribution in [-0.2, 0) is 24.1 Å². The van der Waals surface area contributed by atoms with Gasteiger partial charge in [-0.3, -0.25) is 13.9 Å². The monoisotopic (exact) mass is 407 g/mol. The van der Waals surface area contributed by atoms with Gasteiger partial charge in [-0.15, -0.1) is 0 Å². The molecule has 1 aromatic carbocycles. The number of aryl methyl sites for hydroxylation is 1. The number of aromatic nitrogens is 2. The number of nitrogens with zero attached hydrogens (tertiary/aromatic N) is 3. The molecule has 0 amide bonds. The van der Waals surface area contributed by atoms with Crippen LogP contribution in [0.2, 0.25) is 0 Å². The standard InChI is InChI=1S/C20H29N3O4S/c1-14(12-15-8-6-5-7-9-15)23(4)28(26,27)16-10-11-18-17(13-16)19(24)22(3)20(25)21(18)2/h10-11,13-15H,5-9,12H2,1-4H3. The summed E-state index contributed by atoms with van der Waals surface area (Å²) in [5.74, 6) is 0.569. The summed E-state index contributed by atoms with van der Waals surface area (Å²) in [6, 6.07) is 4.27. The minimum atomic E-state index is -3.74. The Morgan fingerprint density at radius 2 is 1.75 bits per heavy atom. The number of sulfonamides is 1. The van der Waals surface area contributed by atoms with Crippen molar-refractivity contribution in [2.24, 2.45) is 20.0 Å². The van der Waals surface area contributed by atoms with Gasteiger partial charge in [-0.05, 0) is 37.5 Å². The van der Waals surface area contributed by atoms with Gasteiger partial charge < -0.3 is 0 Å². The van der Waals surface area contributed by atoms with E-state index >= 15 is 0 Å². The molecule has 1 saturated carbocycles. The van der Waals surface area contributed by atoms with E-state index in [2.05, 4.69) is 0 Å². The van der Waals surface area contributed by atoms with Crippen LogP contribution in [0.3, 0.4) is 0 Å². The third-order valence-corrected chi connectivity index (χ3v) is 8.10. The largest absolute Gasteiger partial charge is 0.330 e. The number of rotatable bonds is 5. The Labute approximate surface area is 165 Å². The second-order valence-corrected chi connectivity index (χ2v) is 9.99. The molecule has 1 aliphatic rings. The zero-order chi connectivity index (χ0) is 20.6. The van der Waals surface area contributed by atoms with Crippen molar-refractivity contribution in [3.63, 3.8) is 0 Å². The van der Waals surface area contributed by atoms with Crippen molar-refractivity contribution < 1.29 is 8.42 Å². The first-order chi connectivity index (χ1) is 13.1. The first-order valence-electron chi connectivity index (χ1n) is 9.82. The number of benzene rings is 1. The van der Waals surface area contributed by atoms with E-state index in [1.165, 1.54) is 53.4 Å². The second-order valence-electron chi connectivity index (χ2n) is 7.99. The Morgan fingerprint density at radius 3 is 2.39 bits per heavy atom. The number of hydrogen-bond acceptors (Lipinski definition) is 4. The molecule has 8 heteroatoms. The number of hydrogen-bond donors (Lipinski definition) is 0. The van der Waals surface area contributed by atoms with Crippen molar-refractivity contribution in [3.05, 3.63) is 39.0 Å². The molecule has 0 N–H and O–H groups in total. The Hall–Kier alpha value is -1.93. The quantitative estimate of drug-likeness (QED) is 0.761. The van der Waals surface area contributed by atoms with Gasteiger partial charge in [0.05, 0.1) is 15.8 Å². The smallest absolute Gasteiger partial charge is 0.296 e. The van der Waals surface area contributed by atoms with Crippen LogP contribution in [-0.4, -0.2) is 34.9 Å². The van der Waals surface area contributed by atoms with Crippen LogP contribution >= 0.6 is 0 Å². The fraction of sp³-hybridized carbons (Fsp3) is 0.600. The lowest BCUT2D eigenvalue weighted by Crippen LogP contribution is -2.38. The molecule has 0 radical (unpaired) electrons. The highest BCUT2D eigenvalue weighted by Gasteiger charge is 2.28. The maximum atomic E-state index is 13.2. The summed E-state index contributed by atoms with van der Waals surface area (Å²) in [5.41, 5.74) is -0.510. The molecule has 0 aliphatic heterocycles. The van der Waals surface area contributed by atoms with Gasteiger partial charge in [-0.25, -0.2) is 13.2 Å². The Bertz CT molecular complexity index is 1090. The minimum Gasteiger partial charge on any atom is -0.296 e.